The van der Waals surface area contributed by atoms with Gasteiger partial charge < -0.3 is 5.32 Å². The third kappa shape index (κ3) is 2.14. The second-order valence-electron chi connectivity index (χ2n) is 5.28. The molecule has 1 aromatic heterocycles. The molecule has 21 heavy (non-hydrogen) atoms. The Morgan fingerprint density at radius 2 is 1.81 bits per heavy atom. The fourth-order valence-corrected chi connectivity index (χ4v) is 3.00. The van der Waals surface area contributed by atoms with Crippen LogP contribution in [-0.4, -0.2) is 21.3 Å². The van der Waals surface area contributed by atoms with E-state index in [9.17, 15) is 0 Å². The summed E-state index contributed by atoms with van der Waals surface area (Å²) >= 11 is 0. The molecule has 1 N–H and O–H groups in total. The van der Waals surface area contributed by atoms with Gasteiger partial charge >= 0.3 is 0 Å². The molecule has 4 nitrogen and oxygen atoms in total. The maximum atomic E-state index is 4.39. The fraction of sp³-hybridized carbons (Fsp3) is 0.176. The molecular weight excluding hydrogens is 260 g/mol. The monoisotopic (exact) mass is 276 g/mol. The zero-order valence-corrected chi connectivity index (χ0v) is 11.6. The highest BCUT2D eigenvalue weighted by molar-refractivity contribution is 5.39. The van der Waals surface area contributed by atoms with E-state index in [1.54, 1.807) is 6.33 Å². The molecule has 104 valence electrons. The summed E-state index contributed by atoms with van der Waals surface area (Å²) in [4.78, 5) is 0. The molecule has 0 radical (unpaired) electrons. The Morgan fingerprint density at radius 3 is 2.71 bits per heavy atom. The molecule has 0 fully saturated rings. The highest BCUT2D eigenvalue weighted by atomic mass is 15.3. The normalized spacial score (nSPS) is 17.4. The Bertz CT molecular complexity index is 748. The van der Waals surface area contributed by atoms with Gasteiger partial charge in [-0.15, -0.1) is 10.2 Å². The Balaban J connectivity index is 1.81. The van der Waals surface area contributed by atoms with Crippen LogP contribution in [0, 0.1) is 0 Å². The number of fused-ring (bicyclic) bond motifs is 1. The van der Waals surface area contributed by atoms with Crippen molar-refractivity contribution in [1.29, 1.82) is 0 Å². The molecule has 4 rings (SSSR count). The van der Waals surface area contributed by atoms with Crippen molar-refractivity contribution in [2.75, 3.05) is 6.54 Å². The van der Waals surface area contributed by atoms with E-state index >= 15 is 0 Å². The third-order valence-electron chi connectivity index (χ3n) is 4.01. The average molecular weight is 276 g/mol. The van der Waals surface area contributed by atoms with Gasteiger partial charge in [0.15, 0.2) is 0 Å². The average Bonchev–Trinajstić information content (AvgIpc) is 3.04. The minimum atomic E-state index is 0.234. The Morgan fingerprint density at radius 1 is 1.00 bits per heavy atom. The summed E-state index contributed by atoms with van der Waals surface area (Å²) in [5.41, 5.74) is 3.79. The van der Waals surface area contributed by atoms with Gasteiger partial charge in [0, 0.05) is 18.8 Å². The van der Waals surface area contributed by atoms with E-state index in [0.717, 1.165) is 24.6 Å². The summed E-state index contributed by atoms with van der Waals surface area (Å²) in [6, 6.07) is 18.8. The van der Waals surface area contributed by atoms with Gasteiger partial charge in [-0.05, 0) is 23.3 Å². The van der Waals surface area contributed by atoms with Gasteiger partial charge in [0.1, 0.15) is 12.2 Å². The van der Waals surface area contributed by atoms with Crippen LogP contribution in [0.5, 0.6) is 0 Å². The predicted molar refractivity (Wildman–Crippen MR) is 81.4 cm³/mol. The molecule has 2 heterocycles. The van der Waals surface area contributed by atoms with Crippen LogP contribution in [0.2, 0.25) is 0 Å². The Hall–Kier alpha value is -2.46. The Kier molecular flexibility index (Phi) is 3.01. The summed E-state index contributed by atoms with van der Waals surface area (Å²) < 4.78 is 2.08. The molecule has 1 atom stereocenters. The van der Waals surface area contributed by atoms with Crippen LogP contribution in [0.4, 0.5) is 0 Å². The van der Waals surface area contributed by atoms with E-state index in [4.69, 9.17) is 0 Å². The molecule has 2 aromatic carbocycles. The summed E-state index contributed by atoms with van der Waals surface area (Å²) in [6.45, 7) is 1.81. The molecule has 1 unspecified atom stereocenters. The molecule has 0 spiro atoms. The first-order valence-electron chi connectivity index (χ1n) is 7.17. The summed E-state index contributed by atoms with van der Waals surface area (Å²) in [6.07, 6.45) is 1.79. The van der Waals surface area contributed by atoms with Crippen LogP contribution in [0.15, 0.2) is 60.9 Å². The van der Waals surface area contributed by atoms with Crippen LogP contribution in [-0.2, 0) is 6.54 Å². The molecule has 0 amide bonds. The van der Waals surface area contributed by atoms with Crippen LogP contribution >= 0.6 is 0 Å². The number of para-hydroxylation sites is 1. The van der Waals surface area contributed by atoms with Crippen molar-refractivity contribution in [2.45, 2.75) is 12.5 Å². The van der Waals surface area contributed by atoms with Gasteiger partial charge in [0.25, 0.3) is 0 Å². The standard InChI is InChI=1S/C17H16N4/c1-2-7-14(8-3-1)21-12-19-20-17(21)16-11-18-10-13-6-4-5-9-15(13)16/h1-9,12,16,18H,10-11H2. The van der Waals surface area contributed by atoms with Crippen LogP contribution in [0.25, 0.3) is 5.69 Å². The topological polar surface area (TPSA) is 42.7 Å². The van der Waals surface area contributed by atoms with Crippen LogP contribution < -0.4 is 5.32 Å². The first-order chi connectivity index (χ1) is 10.4. The van der Waals surface area contributed by atoms with Crippen molar-refractivity contribution < 1.29 is 0 Å². The van der Waals surface area contributed by atoms with Gasteiger partial charge in [-0.2, -0.15) is 0 Å². The van der Waals surface area contributed by atoms with E-state index in [-0.39, 0.29) is 5.92 Å². The lowest BCUT2D eigenvalue weighted by molar-refractivity contribution is 0.565. The second kappa shape index (κ2) is 5.14. The largest absolute Gasteiger partial charge is 0.312 e. The lowest BCUT2D eigenvalue weighted by atomic mass is 9.90. The predicted octanol–water partition coefficient (Wildman–Crippen LogP) is 2.50. The molecule has 3 aromatic rings. The van der Waals surface area contributed by atoms with Gasteiger partial charge in [0.2, 0.25) is 0 Å². The summed E-state index contributed by atoms with van der Waals surface area (Å²) in [7, 11) is 0. The number of nitrogens with one attached hydrogen (secondary N) is 1. The highest BCUT2D eigenvalue weighted by Gasteiger charge is 2.25. The molecular formula is C17H16N4. The van der Waals surface area contributed by atoms with Crippen LogP contribution in [0.3, 0.4) is 0 Å². The van der Waals surface area contributed by atoms with Crippen molar-refractivity contribution in [3.8, 4) is 5.69 Å². The molecule has 0 saturated heterocycles. The maximum absolute atomic E-state index is 4.39. The molecule has 1 aliphatic heterocycles. The first kappa shape index (κ1) is 12.3. The van der Waals surface area contributed by atoms with Crippen molar-refractivity contribution in [2.24, 2.45) is 0 Å². The number of rotatable bonds is 2. The highest BCUT2D eigenvalue weighted by Crippen LogP contribution is 2.29. The molecule has 1 aliphatic rings. The molecule has 4 heteroatoms. The smallest absolute Gasteiger partial charge is 0.146 e. The lowest BCUT2D eigenvalue weighted by Gasteiger charge is -2.26. The quantitative estimate of drug-likeness (QED) is 0.782. The van der Waals surface area contributed by atoms with E-state index < -0.39 is 0 Å². The van der Waals surface area contributed by atoms with E-state index in [1.165, 1.54) is 11.1 Å². The SMILES string of the molecule is c1ccc(-n2cnnc2C2CNCc3ccccc32)cc1. The number of aromatic nitrogens is 3. The third-order valence-corrected chi connectivity index (χ3v) is 4.01. The minimum Gasteiger partial charge on any atom is -0.312 e. The van der Waals surface area contributed by atoms with Gasteiger partial charge in [-0.1, -0.05) is 42.5 Å². The van der Waals surface area contributed by atoms with Gasteiger partial charge in [-0.25, -0.2) is 0 Å². The molecule has 0 bridgehead atoms. The molecule has 0 aliphatic carbocycles. The zero-order valence-electron chi connectivity index (χ0n) is 11.6. The number of benzene rings is 2. The number of hydrogen-bond acceptors (Lipinski definition) is 3. The van der Waals surface area contributed by atoms with Crippen molar-refractivity contribution >= 4 is 0 Å². The number of nitrogens with zero attached hydrogens (tertiary/aromatic N) is 3. The first-order valence-corrected chi connectivity index (χ1v) is 7.17. The lowest BCUT2D eigenvalue weighted by Crippen LogP contribution is -2.30. The maximum Gasteiger partial charge on any atom is 0.146 e. The van der Waals surface area contributed by atoms with E-state index in [1.807, 2.05) is 18.2 Å². The molecule has 0 saturated carbocycles. The van der Waals surface area contributed by atoms with Crippen LogP contribution in [0.1, 0.15) is 22.9 Å². The van der Waals surface area contributed by atoms with E-state index in [2.05, 4.69) is 56.5 Å². The van der Waals surface area contributed by atoms with Crippen molar-refractivity contribution in [1.82, 2.24) is 20.1 Å². The second-order valence-corrected chi connectivity index (χ2v) is 5.28. The minimum absolute atomic E-state index is 0.234. The van der Waals surface area contributed by atoms with Crippen molar-refractivity contribution in [3.63, 3.8) is 0 Å². The summed E-state index contributed by atoms with van der Waals surface area (Å²) in [5.74, 6) is 1.22. The number of hydrogen-bond donors (Lipinski definition) is 1. The van der Waals surface area contributed by atoms with Crippen molar-refractivity contribution in [3.05, 3.63) is 77.9 Å². The zero-order chi connectivity index (χ0) is 14.1. The summed E-state index contributed by atoms with van der Waals surface area (Å²) in [5, 5.41) is 12.0. The Labute approximate surface area is 123 Å². The fourth-order valence-electron chi connectivity index (χ4n) is 3.00. The van der Waals surface area contributed by atoms with Gasteiger partial charge in [-0.3, -0.25) is 4.57 Å². The van der Waals surface area contributed by atoms with E-state index in [0.29, 0.717) is 0 Å². The van der Waals surface area contributed by atoms with Gasteiger partial charge in [0.05, 0.1) is 5.92 Å².